The van der Waals surface area contributed by atoms with Crippen LogP contribution < -0.4 is 4.90 Å². The topological polar surface area (TPSA) is 57.6 Å². The molecule has 0 saturated carbocycles. The number of carbonyl (C=O) groups excluding carboxylic acids is 2. The average Bonchev–Trinajstić information content (AvgIpc) is 2.73. The van der Waals surface area contributed by atoms with E-state index in [0.717, 1.165) is 12.1 Å². The van der Waals surface area contributed by atoms with Crippen molar-refractivity contribution in [2.45, 2.75) is 0 Å². The van der Waals surface area contributed by atoms with Crippen LogP contribution in [0.4, 0.5) is 14.5 Å². The highest BCUT2D eigenvalue weighted by Gasteiger charge is 2.42. The summed E-state index contributed by atoms with van der Waals surface area (Å²) in [6.45, 7) is 0. The highest BCUT2D eigenvalue weighted by molar-refractivity contribution is 6.47. The minimum Gasteiger partial charge on any atom is -0.502 e. The normalized spacial score (nSPS) is 14.8. The number of rotatable bonds is 2. The van der Waals surface area contributed by atoms with Crippen molar-refractivity contribution >= 4 is 46.3 Å². The van der Waals surface area contributed by atoms with E-state index in [4.69, 9.17) is 23.2 Å². The predicted octanol–water partition coefficient (Wildman–Crippen LogP) is 4.11. The molecule has 1 N–H and O–H groups in total. The van der Waals surface area contributed by atoms with Gasteiger partial charge >= 0.3 is 5.91 Å². The molecule has 24 heavy (non-hydrogen) atoms. The van der Waals surface area contributed by atoms with Crippen molar-refractivity contribution in [3.8, 4) is 0 Å². The van der Waals surface area contributed by atoms with E-state index < -0.39 is 40.5 Å². The van der Waals surface area contributed by atoms with Crippen molar-refractivity contribution in [3.05, 3.63) is 69.4 Å². The Kier molecular flexibility index (Phi) is 4.03. The number of aliphatic hydroxyl groups excluding tert-OH is 1. The number of amides is 2. The highest BCUT2D eigenvalue weighted by Crippen LogP contribution is 2.36. The summed E-state index contributed by atoms with van der Waals surface area (Å²) in [5, 5.41) is 10.3. The SMILES string of the molecule is O=C1C(O)=C(c2ccc(Cl)cc2Cl)C(=O)N1c1cc(F)ccc1F. The largest absolute Gasteiger partial charge is 0.502 e. The number of nitrogens with zero attached hydrogens (tertiary/aromatic N) is 1. The molecule has 0 aromatic heterocycles. The van der Waals surface area contributed by atoms with Gasteiger partial charge in [-0.05, 0) is 24.3 Å². The maximum atomic E-state index is 13.9. The van der Waals surface area contributed by atoms with Gasteiger partial charge < -0.3 is 5.11 Å². The number of carbonyl (C=O) groups is 2. The zero-order chi connectivity index (χ0) is 17.6. The van der Waals surface area contributed by atoms with Gasteiger partial charge in [-0.2, -0.15) is 0 Å². The van der Waals surface area contributed by atoms with Gasteiger partial charge in [0.1, 0.15) is 11.6 Å². The molecule has 1 aliphatic heterocycles. The molecule has 0 unspecified atom stereocenters. The van der Waals surface area contributed by atoms with Crippen LogP contribution in [0.2, 0.25) is 10.0 Å². The molecule has 1 aliphatic rings. The molecular formula is C16H7Cl2F2NO3. The van der Waals surface area contributed by atoms with Crippen LogP contribution in [0.15, 0.2) is 42.2 Å². The molecule has 0 atom stereocenters. The predicted molar refractivity (Wildman–Crippen MR) is 84.9 cm³/mol. The summed E-state index contributed by atoms with van der Waals surface area (Å²) in [5.74, 6) is -4.94. The van der Waals surface area contributed by atoms with E-state index >= 15 is 0 Å². The Morgan fingerprint density at radius 3 is 2.33 bits per heavy atom. The van der Waals surface area contributed by atoms with Crippen LogP contribution in [0.3, 0.4) is 0 Å². The van der Waals surface area contributed by atoms with Crippen molar-refractivity contribution in [2.24, 2.45) is 0 Å². The second-order valence-electron chi connectivity index (χ2n) is 4.89. The van der Waals surface area contributed by atoms with Gasteiger partial charge in [0.2, 0.25) is 0 Å². The minimum atomic E-state index is -1.18. The fourth-order valence-electron chi connectivity index (χ4n) is 2.33. The zero-order valence-corrected chi connectivity index (χ0v) is 13.2. The van der Waals surface area contributed by atoms with E-state index in [1.807, 2.05) is 0 Å². The number of hydrogen-bond acceptors (Lipinski definition) is 3. The molecule has 4 nitrogen and oxygen atoms in total. The molecule has 0 saturated heterocycles. The van der Waals surface area contributed by atoms with Gasteiger partial charge in [-0.3, -0.25) is 9.59 Å². The lowest BCUT2D eigenvalue weighted by Crippen LogP contribution is -2.32. The number of anilines is 1. The molecule has 0 bridgehead atoms. The molecule has 0 radical (unpaired) electrons. The maximum Gasteiger partial charge on any atom is 0.301 e. The summed E-state index contributed by atoms with van der Waals surface area (Å²) in [6, 6.07) is 6.37. The molecule has 3 rings (SSSR count). The average molecular weight is 370 g/mol. The number of aliphatic hydroxyl groups is 1. The van der Waals surface area contributed by atoms with Gasteiger partial charge in [-0.15, -0.1) is 0 Å². The molecule has 122 valence electrons. The van der Waals surface area contributed by atoms with Crippen molar-refractivity contribution in [3.63, 3.8) is 0 Å². The van der Waals surface area contributed by atoms with Crippen molar-refractivity contribution in [1.82, 2.24) is 0 Å². The van der Waals surface area contributed by atoms with E-state index in [1.54, 1.807) is 0 Å². The Labute approximate surface area is 144 Å². The molecular weight excluding hydrogens is 363 g/mol. The Morgan fingerprint density at radius 2 is 1.67 bits per heavy atom. The third-order valence-electron chi connectivity index (χ3n) is 3.41. The van der Waals surface area contributed by atoms with Crippen LogP contribution in [0.1, 0.15) is 5.56 Å². The summed E-state index contributed by atoms with van der Waals surface area (Å²) >= 11 is 11.8. The Bertz CT molecular complexity index is 928. The van der Waals surface area contributed by atoms with Gasteiger partial charge in [0.05, 0.1) is 16.3 Å². The second-order valence-corrected chi connectivity index (χ2v) is 5.73. The third kappa shape index (κ3) is 2.53. The number of imide groups is 1. The van der Waals surface area contributed by atoms with Gasteiger partial charge in [0, 0.05) is 16.7 Å². The summed E-state index contributed by atoms with van der Waals surface area (Å²) in [7, 11) is 0. The van der Waals surface area contributed by atoms with E-state index in [0.29, 0.717) is 11.0 Å². The van der Waals surface area contributed by atoms with Crippen LogP contribution in [0.25, 0.3) is 5.57 Å². The Morgan fingerprint density at radius 1 is 0.958 bits per heavy atom. The summed E-state index contributed by atoms with van der Waals surface area (Å²) < 4.78 is 27.3. The molecule has 1 heterocycles. The first-order chi connectivity index (χ1) is 11.3. The van der Waals surface area contributed by atoms with Gasteiger partial charge in [0.15, 0.2) is 5.76 Å². The lowest BCUT2D eigenvalue weighted by Gasteiger charge is -2.15. The summed E-state index contributed by atoms with van der Waals surface area (Å²) in [6.07, 6.45) is 0. The van der Waals surface area contributed by atoms with Crippen LogP contribution in [0.5, 0.6) is 0 Å². The van der Waals surface area contributed by atoms with Crippen LogP contribution >= 0.6 is 23.2 Å². The van der Waals surface area contributed by atoms with Crippen LogP contribution in [0, 0.1) is 11.6 Å². The second kappa shape index (κ2) is 5.89. The first kappa shape index (κ1) is 16.4. The number of benzene rings is 2. The first-order valence-electron chi connectivity index (χ1n) is 6.53. The fraction of sp³-hybridized carbons (Fsp3) is 0. The fourth-order valence-corrected chi connectivity index (χ4v) is 2.83. The smallest absolute Gasteiger partial charge is 0.301 e. The quantitative estimate of drug-likeness (QED) is 0.810. The Balaban J connectivity index is 2.13. The summed E-state index contributed by atoms with van der Waals surface area (Å²) in [5.41, 5.74) is -0.960. The van der Waals surface area contributed by atoms with Crippen molar-refractivity contribution in [2.75, 3.05) is 4.90 Å². The minimum absolute atomic E-state index is 0.0202. The van der Waals surface area contributed by atoms with Gasteiger partial charge in [0.25, 0.3) is 5.91 Å². The molecule has 2 amide bonds. The van der Waals surface area contributed by atoms with Gasteiger partial charge in [-0.25, -0.2) is 13.7 Å². The summed E-state index contributed by atoms with van der Waals surface area (Å²) in [4.78, 5) is 25.1. The highest BCUT2D eigenvalue weighted by atomic mass is 35.5. The molecule has 0 fully saturated rings. The van der Waals surface area contributed by atoms with Gasteiger partial charge in [-0.1, -0.05) is 29.3 Å². The van der Waals surface area contributed by atoms with Crippen molar-refractivity contribution < 1.29 is 23.5 Å². The van der Waals surface area contributed by atoms with Crippen LogP contribution in [-0.2, 0) is 9.59 Å². The standard InChI is InChI=1S/C16H7Cl2F2NO3/c17-7-1-3-9(10(18)5-7)13-14(22)16(24)21(15(13)23)12-6-8(19)2-4-11(12)20/h1-6,22H. The van der Waals surface area contributed by atoms with E-state index in [9.17, 15) is 23.5 Å². The zero-order valence-electron chi connectivity index (χ0n) is 11.7. The maximum absolute atomic E-state index is 13.9. The van der Waals surface area contributed by atoms with Crippen molar-refractivity contribution in [1.29, 1.82) is 0 Å². The number of hydrogen-bond donors (Lipinski definition) is 1. The number of halogens is 4. The lowest BCUT2D eigenvalue weighted by molar-refractivity contribution is -0.121. The first-order valence-corrected chi connectivity index (χ1v) is 7.29. The van der Waals surface area contributed by atoms with E-state index in [2.05, 4.69) is 0 Å². The van der Waals surface area contributed by atoms with Crippen LogP contribution in [-0.4, -0.2) is 16.9 Å². The lowest BCUT2D eigenvalue weighted by atomic mass is 10.1. The Hall–Kier alpha value is -2.44. The third-order valence-corrected chi connectivity index (χ3v) is 3.96. The molecule has 8 heteroatoms. The molecule has 2 aromatic rings. The molecule has 2 aromatic carbocycles. The van der Waals surface area contributed by atoms with E-state index in [1.165, 1.54) is 18.2 Å². The monoisotopic (exact) mass is 369 g/mol. The van der Waals surface area contributed by atoms with E-state index in [-0.39, 0.29) is 15.6 Å². The molecule has 0 aliphatic carbocycles. The molecule has 0 spiro atoms.